The molecular weight excluding hydrogens is 86.0 g/mol. The predicted octanol–water partition coefficient (Wildman–Crippen LogP) is -1.67. The third-order valence-corrected chi connectivity index (χ3v) is 0.322. The van der Waals surface area contributed by atoms with Crippen molar-refractivity contribution in [3.63, 3.8) is 0 Å². The lowest BCUT2D eigenvalue weighted by molar-refractivity contribution is 0.0450. The van der Waals surface area contributed by atoms with Gasteiger partial charge in [-0.3, -0.25) is 0 Å². The zero-order chi connectivity index (χ0) is 6.78. The van der Waals surface area contributed by atoms with E-state index < -0.39 is 19.3 Å². The van der Waals surface area contributed by atoms with E-state index in [0.717, 1.165) is 0 Å². The van der Waals surface area contributed by atoms with Crippen LogP contribution in [0, 0.1) is 0 Å². The fraction of sp³-hybridized carbons (Fsp3) is 1.00. The molecule has 0 radical (unpaired) electrons. The smallest absolute Gasteiger partial charge is 0.100 e. The largest absolute Gasteiger partial charge is 0.394 e. The Balaban J connectivity index is 3.62. The summed E-state index contributed by atoms with van der Waals surface area (Å²) in [5.41, 5.74) is 0. The normalized spacial score (nSPS) is 21.8. The van der Waals surface area contributed by atoms with Crippen LogP contribution in [0.15, 0.2) is 0 Å². The Kier molecular flexibility index (Phi) is 1.52. The Labute approximate surface area is 38.7 Å². The third-order valence-electron chi connectivity index (χ3n) is 0.322. The Morgan fingerprint density at radius 3 is 2.17 bits per heavy atom. The molecular formula is C3H8O3. The number of aliphatic hydroxyl groups excluding tert-OH is 2. The van der Waals surface area contributed by atoms with E-state index >= 15 is 0 Å². The number of rotatable bonds is 2. The van der Waals surface area contributed by atoms with Crippen LogP contribution in [0.5, 0.6) is 0 Å². The molecule has 38 valence electrons. The second-order valence-electron chi connectivity index (χ2n) is 0.827. The summed E-state index contributed by atoms with van der Waals surface area (Å²) >= 11 is 0. The van der Waals surface area contributed by atoms with Crippen LogP contribution < -0.4 is 0 Å². The highest BCUT2D eigenvalue weighted by molar-refractivity contribution is 4.43. The molecule has 0 aromatic carbocycles. The SMILES string of the molecule is [2H]C([2H])(O)[13C@H](O)[13CH2]O. The average molecular weight is 96.1 g/mol. The maximum absolute atomic E-state index is 8.32. The van der Waals surface area contributed by atoms with E-state index in [1.807, 2.05) is 0 Å². The van der Waals surface area contributed by atoms with Gasteiger partial charge in [0.05, 0.1) is 15.9 Å². The van der Waals surface area contributed by atoms with Gasteiger partial charge in [0, 0.05) is 0 Å². The van der Waals surface area contributed by atoms with E-state index in [0.29, 0.717) is 0 Å². The zero-order valence-corrected chi connectivity index (χ0v) is 3.13. The number of hydrogen-bond donors (Lipinski definition) is 3. The molecule has 3 heteroatoms. The van der Waals surface area contributed by atoms with Gasteiger partial charge >= 0.3 is 0 Å². The second-order valence-corrected chi connectivity index (χ2v) is 0.827. The molecule has 0 unspecified atom stereocenters. The highest BCUT2D eigenvalue weighted by atomic mass is 16.5. The Morgan fingerprint density at radius 2 is 2.17 bits per heavy atom. The van der Waals surface area contributed by atoms with Gasteiger partial charge in [-0.25, -0.2) is 0 Å². The van der Waals surface area contributed by atoms with Gasteiger partial charge in [0.15, 0.2) is 0 Å². The molecule has 1 atom stereocenters. The molecule has 3 N–H and O–H groups in total. The third kappa shape index (κ3) is 2.14. The minimum Gasteiger partial charge on any atom is -0.394 e. The quantitative estimate of drug-likeness (QED) is 0.360. The Hall–Kier alpha value is -0.120. The first-order chi connectivity index (χ1) is 3.48. The van der Waals surface area contributed by atoms with E-state index in [9.17, 15) is 0 Å². The first-order valence-electron chi connectivity index (χ1n) is 2.49. The van der Waals surface area contributed by atoms with Crippen LogP contribution in [0.3, 0.4) is 0 Å². The van der Waals surface area contributed by atoms with Gasteiger partial charge in [-0.05, 0) is 0 Å². The summed E-state index contributed by atoms with van der Waals surface area (Å²) in [6.07, 6.45) is -1.71. The Morgan fingerprint density at radius 1 is 1.67 bits per heavy atom. The van der Waals surface area contributed by atoms with Gasteiger partial charge in [-0.1, -0.05) is 0 Å². The van der Waals surface area contributed by atoms with Crippen molar-refractivity contribution in [1.82, 2.24) is 0 Å². The van der Waals surface area contributed by atoms with Gasteiger partial charge < -0.3 is 15.3 Å². The van der Waals surface area contributed by atoms with Crippen molar-refractivity contribution in [2.75, 3.05) is 13.2 Å². The van der Waals surface area contributed by atoms with E-state index in [1.165, 1.54) is 0 Å². The molecule has 0 bridgehead atoms. The average Bonchev–Trinajstić information content (AvgIpc) is 1.62. The van der Waals surface area contributed by atoms with Crippen molar-refractivity contribution < 1.29 is 18.1 Å². The molecule has 0 rings (SSSR count). The molecule has 0 saturated carbocycles. The summed E-state index contributed by atoms with van der Waals surface area (Å²) in [4.78, 5) is 0. The van der Waals surface area contributed by atoms with Crippen LogP contribution in [0.1, 0.15) is 2.74 Å². The summed E-state index contributed by atoms with van der Waals surface area (Å²) in [5.74, 6) is 0. The van der Waals surface area contributed by atoms with Crippen LogP contribution in [-0.4, -0.2) is 34.6 Å². The van der Waals surface area contributed by atoms with Crippen molar-refractivity contribution in [2.45, 2.75) is 6.10 Å². The molecule has 0 aliphatic heterocycles. The molecule has 0 aromatic rings. The first-order valence-corrected chi connectivity index (χ1v) is 1.49. The molecule has 0 saturated heterocycles. The lowest BCUT2D eigenvalue weighted by Crippen LogP contribution is -2.15. The van der Waals surface area contributed by atoms with Crippen LogP contribution in [-0.2, 0) is 0 Å². The lowest BCUT2D eigenvalue weighted by Gasteiger charge is -1.96. The Bertz CT molecular complexity index is 69.4. The summed E-state index contributed by atoms with van der Waals surface area (Å²) in [7, 11) is 0. The van der Waals surface area contributed by atoms with E-state index in [2.05, 4.69) is 0 Å². The van der Waals surface area contributed by atoms with Gasteiger partial charge in [0.25, 0.3) is 0 Å². The fourth-order valence-electron chi connectivity index (χ4n) is 0.0408. The molecule has 6 heavy (non-hydrogen) atoms. The van der Waals surface area contributed by atoms with Crippen LogP contribution in [0.4, 0.5) is 0 Å². The maximum Gasteiger partial charge on any atom is 0.100 e. The minimum atomic E-state index is -2.69. The molecule has 0 spiro atoms. The zero-order valence-electron chi connectivity index (χ0n) is 5.13. The molecule has 0 aliphatic rings. The van der Waals surface area contributed by atoms with Crippen molar-refractivity contribution in [3.8, 4) is 0 Å². The molecule has 0 fully saturated rings. The van der Waals surface area contributed by atoms with Gasteiger partial charge in [-0.2, -0.15) is 0 Å². The second kappa shape index (κ2) is 3.08. The summed E-state index contributed by atoms with van der Waals surface area (Å²) in [6, 6.07) is 0. The maximum atomic E-state index is 8.32. The monoisotopic (exact) mass is 96.1 g/mol. The molecule has 3 nitrogen and oxygen atoms in total. The number of hydrogen-bond acceptors (Lipinski definition) is 3. The highest BCUT2D eigenvalue weighted by Gasteiger charge is 1.93. The minimum absolute atomic E-state index is 0.774. The number of aliphatic hydroxyl groups is 3. The topological polar surface area (TPSA) is 60.7 Å². The molecule has 0 heterocycles. The van der Waals surface area contributed by atoms with Crippen molar-refractivity contribution in [1.29, 1.82) is 0 Å². The first kappa shape index (κ1) is 2.96. The van der Waals surface area contributed by atoms with Crippen LogP contribution >= 0.6 is 0 Å². The predicted molar refractivity (Wildman–Crippen MR) is 20.2 cm³/mol. The van der Waals surface area contributed by atoms with E-state index in [4.69, 9.17) is 18.1 Å². The highest BCUT2D eigenvalue weighted by Crippen LogP contribution is 1.71. The van der Waals surface area contributed by atoms with Crippen molar-refractivity contribution >= 4 is 0 Å². The summed E-state index contributed by atoms with van der Waals surface area (Å²) < 4.78 is 12.7. The van der Waals surface area contributed by atoms with Crippen LogP contribution in [0.25, 0.3) is 0 Å². The van der Waals surface area contributed by atoms with Crippen molar-refractivity contribution in [2.24, 2.45) is 0 Å². The molecule has 0 aromatic heterocycles. The molecule has 0 aliphatic carbocycles. The standard InChI is InChI=1S/C3H8O3/c4-1-3(6)2-5/h3-6H,1-2H2/i1D2,2+1,3+1/t3-/m0/s1. The fourth-order valence-corrected chi connectivity index (χ4v) is 0.0408. The van der Waals surface area contributed by atoms with E-state index in [-0.39, 0.29) is 0 Å². The van der Waals surface area contributed by atoms with Crippen molar-refractivity contribution in [3.05, 3.63) is 0 Å². The summed E-state index contributed by atoms with van der Waals surface area (Å²) in [5, 5.41) is 24.5. The van der Waals surface area contributed by atoms with Gasteiger partial charge in [0.1, 0.15) is 6.10 Å². The van der Waals surface area contributed by atoms with E-state index in [1.54, 1.807) is 0 Å². The summed E-state index contributed by atoms with van der Waals surface area (Å²) in [6.45, 7) is -3.46. The lowest BCUT2D eigenvalue weighted by atomic mass is 11.0. The molecule has 0 amide bonds. The van der Waals surface area contributed by atoms with Crippen LogP contribution in [0.2, 0.25) is 0 Å². The van der Waals surface area contributed by atoms with Gasteiger partial charge in [-0.15, -0.1) is 0 Å². The van der Waals surface area contributed by atoms with Gasteiger partial charge in [0.2, 0.25) is 0 Å².